The fraction of sp³-hybridized carbons (Fsp3) is 0.571. The maximum atomic E-state index is 6.07. The van der Waals surface area contributed by atoms with Gasteiger partial charge in [-0.1, -0.05) is 13.0 Å². The van der Waals surface area contributed by atoms with Crippen molar-refractivity contribution in [3.63, 3.8) is 0 Å². The van der Waals surface area contributed by atoms with E-state index in [2.05, 4.69) is 24.0 Å². The van der Waals surface area contributed by atoms with Crippen LogP contribution >= 0.6 is 0 Å². The molecular weight excluding hydrogens is 228 g/mol. The van der Waals surface area contributed by atoms with Crippen molar-refractivity contribution in [3.8, 4) is 11.5 Å². The maximum Gasteiger partial charge on any atom is 0.231 e. The molecule has 98 valence electrons. The molecule has 2 aliphatic rings. The molecule has 0 aromatic heterocycles. The molecule has 0 bridgehead atoms. The summed E-state index contributed by atoms with van der Waals surface area (Å²) < 4.78 is 10.7. The molecule has 3 rings (SSSR count). The molecule has 1 aromatic rings. The minimum Gasteiger partial charge on any atom is -0.454 e. The van der Waals surface area contributed by atoms with Crippen molar-refractivity contribution in [2.24, 2.45) is 11.7 Å². The van der Waals surface area contributed by atoms with E-state index in [1.54, 1.807) is 0 Å². The fourth-order valence-electron chi connectivity index (χ4n) is 2.94. The van der Waals surface area contributed by atoms with Crippen molar-refractivity contribution in [3.05, 3.63) is 23.8 Å². The lowest BCUT2D eigenvalue weighted by Crippen LogP contribution is -2.45. The lowest BCUT2D eigenvalue weighted by molar-refractivity contribution is 0.158. The van der Waals surface area contributed by atoms with Crippen molar-refractivity contribution >= 4 is 0 Å². The monoisotopic (exact) mass is 248 g/mol. The molecule has 2 N–H and O–H groups in total. The van der Waals surface area contributed by atoms with Gasteiger partial charge in [0.2, 0.25) is 6.79 Å². The molecule has 2 atom stereocenters. The van der Waals surface area contributed by atoms with E-state index in [0.29, 0.717) is 18.8 Å². The minimum atomic E-state index is 0.308. The van der Waals surface area contributed by atoms with Gasteiger partial charge >= 0.3 is 0 Å². The van der Waals surface area contributed by atoms with Crippen molar-refractivity contribution in [1.82, 2.24) is 4.90 Å². The topological polar surface area (TPSA) is 47.7 Å². The van der Waals surface area contributed by atoms with E-state index in [4.69, 9.17) is 15.2 Å². The predicted octanol–water partition coefficient (Wildman–Crippen LogP) is 1.58. The smallest absolute Gasteiger partial charge is 0.231 e. The quantitative estimate of drug-likeness (QED) is 0.863. The maximum absolute atomic E-state index is 6.07. The highest BCUT2D eigenvalue weighted by molar-refractivity contribution is 5.44. The van der Waals surface area contributed by atoms with Gasteiger partial charge in [0.15, 0.2) is 11.5 Å². The highest BCUT2D eigenvalue weighted by atomic mass is 16.7. The molecule has 1 fully saturated rings. The van der Waals surface area contributed by atoms with Gasteiger partial charge in [-0.15, -0.1) is 0 Å². The van der Waals surface area contributed by atoms with Crippen LogP contribution < -0.4 is 15.2 Å². The molecular formula is C14H20N2O2. The molecule has 18 heavy (non-hydrogen) atoms. The average molecular weight is 248 g/mol. The summed E-state index contributed by atoms with van der Waals surface area (Å²) in [5.41, 5.74) is 7.34. The molecule has 2 unspecified atom stereocenters. The van der Waals surface area contributed by atoms with Crippen LogP contribution in [0.5, 0.6) is 11.5 Å². The summed E-state index contributed by atoms with van der Waals surface area (Å²) in [6.45, 7) is 5.66. The second-order valence-electron chi connectivity index (χ2n) is 5.48. The predicted molar refractivity (Wildman–Crippen MR) is 69.6 cm³/mol. The Morgan fingerprint density at radius 1 is 1.28 bits per heavy atom. The number of nitrogens with two attached hydrogens (primary N) is 1. The molecule has 0 aliphatic carbocycles. The highest BCUT2D eigenvalue weighted by Crippen LogP contribution is 2.33. The normalized spacial score (nSPS) is 27.4. The zero-order valence-electron chi connectivity index (χ0n) is 10.8. The number of hydrogen-bond acceptors (Lipinski definition) is 4. The number of benzene rings is 1. The van der Waals surface area contributed by atoms with E-state index in [-0.39, 0.29) is 0 Å². The highest BCUT2D eigenvalue weighted by Gasteiger charge is 2.22. The number of piperidine rings is 1. The second-order valence-corrected chi connectivity index (χ2v) is 5.48. The first-order valence-corrected chi connectivity index (χ1v) is 6.57. The third kappa shape index (κ3) is 2.44. The summed E-state index contributed by atoms with van der Waals surface area (Å²) in [5.74, 6) is 2.40. The Kier molecular flexibility index (Phi) is 3.14. The molecule has 2 aliphatic heterocycles. The van der Waals surface area contributed by atoms with E-state index in [9.17, 15) is 0 Å². The fourth-order valence-corrected chi connectivity index (χ4v) is 2.94. The Hall–Kier alpha value is -1.26. The number of rotatable bonds is 2. The van der Waals surface area contributed by atoms with Gasteiger partial charge in [-0.05, 0) is 30.0 Å². The molecule has 4 nitrogen and oxygen atoms in total. The Balaban J connectivity index is 1.69. The van der Waals surface area contributed by atoms with Crippen LogP contribution in [0.4, 0.5) is 0 Å². The lowest BCUT2D eigenvalue weighted by atomic mass is 9.96. The molecule has 2 heterocycles. The summed E-state index contributed by atoms with van der Waals surface area (Å²) in [7, 11) is 0. The third-order valence-electron chi connectivity index (χ3n) is 3.61. The first-order chi connectivity index (χ1) is 8.70. The van der Waals surface area contributed by atoms with Gasteiger partial charge < -0.3 is 15.2 Å². The van der Waals surface area contributed by atoms with E-state index < -0.39 is 0 Å². The Bertz CT molecular complexity index is 426. The van der Waals surface area contributed by atoms with Crippen LogP contribution in [-0.2, 0) is 6.54 Å². The van der Waals surface area contributed by atoms with Crippen LogP contribution in [0, 0.1) is 5.92 Å². The Morgan fingerprint density at radius 2 is 2.11 bits per heavy atom. The zero-order valence-corrected chi connectivity index (χ0v) is 10.8. The van der Waals surface area contributed by atoms with Crippen LogP contribution in [-0.4, -0.2) is 30.8 Å². The molecule has 1 aromatic carbocycles. The van der Waals surface area contributed by atoms with Crippen LogP contribution in [0.25, 0.3) is 0 Å². The molecule has 0 amide bonds. The lowest BCUT2D eigenvalue weighted by Gasteiger charge is -2.34. The van der Waals surface area contributed by atoms with Crippen molar-refractivity contribution in [2.45, 2.75) is 25.9 Å². The van der Waals surface area contributed by atoms with Gasteiger partial charge in [0.05, 0.1) is 0 Å². The van der Waals surface area contributed by atoms with Crippen LogP contribution in [0.3, 0.4) is 0 Å². The van der Waals surface area contributed by atoms with Crippen molar-refractivity contribution in [1.29, 1.82) is 0 Å². The van der Waals surface area contributed by atoms with Gasteiger partial charge in [-0.25, -0.2) is 0 Å². The Morgan fingerprint density at radius 3 is 2.94 bits per heavy atom. The third-order valence-corrected chi connectivity index (χ3v) is 3.61. The summed E-state index contributed by atoms with van der Waals surface area (Å²) in [6, 6.07) is 6.49. The van der Waals surface area contributed by atoms with Crippen molar-refractivity contribution in [2.75, 3.05) is 19.9 Å². The standard InChI is InChI=1S/C14H20N2O2/c1-10-4-12(15)8-16(6-10)7-11-2-3-13-14(5-11)18-9-17-13/h2-3,5,10,12H,4,6-9,15H2,1H3. The largest absolute Gasteiger partial charge is 0.454 e. The van der Waals surface area contributed by atoms with Gasteiger partial charge in [-0.3, -0.25) is 4.90 Å². The molecule has 4 heteroatoms. The van der Waals surface area contributed by atoms with E-state index in [1.807, 2.05) is 6.07 Å². The SMILES string of the molecule is CC1CC(N)CN(Cc2ccc3c(c2)OCO3)C1. The number of ether oxygens (including phenoxy) is 2. The summed E-state index contributed by atoms with van der Waals surface area (Å²) in [5, 5.41) is 0. The molecule has 1 saturated heterocycles. The number of likely N-dealkylation sites (tertiary alicyclic amines) is 1. The first kappa shape index (κ1) is 11.8. The molecule has 0 saturated carbocycles. The van der Waals surface area contributed by atoms with Gasteiger partial charge in [0, 0.05) is 25.7 Å². The number of fused-ring (bicyclic) bond motifs is 1. The van der Waals surface area contributed by atoms with E-state index in [0.717, 1.165) is 37.6 Å². The van der Waals surface area contributed by atoms with Gasteiger partial charge in [-0.2, -0.15) is 0 Å². The number of hydrogen-bond donors (Lipinski definition) is 1. The Labute approximate surface area is 108 Å². The van der Waals surface area contributed by atoms with Crippen molar-refractivity contribution < 1.29 is 9.47 Å². The van der Waals surface area contributed by atoms with Gasteiger partial charge in [0.1, 0.15) is 0 Å². The van der Waals surface area contributed by atoms with Crippen LogP contribution in [0.15, 0.2) is 18.2 Å². The zero-order chi connectivity index (χ0) is 12.5. The average Bonchev–Trinajstić information content (AvgIpc) is 2.74. The van der Waals surface area contributed by atoms with Crippen LogP contribution in [0.2, 0.25) is 0 Å². The van der Waals surface area contributed by atoms with Gasteiger partial charge in [0.25, 0.3) is 0 Å². The summed E-state index contributed by atoms with van der Waals surface area (Å²) in [4.78, 5) is 2.43. The second kappa shape index (κ2) is 4.78. The van der Waals surface area contributed by atoms with E-state index >= 15 is 0 Å². The minimum absolute atomic E-state index is 0.308. The molecule has 0 radical (unpaired) electrons. The van der Waals surface area contributed by atoms with E-state index in [1.165, 1.54) is 5.56 Å². The molecule has 0 spiro atoms. The first-order valence-electron chi connectivity index (χ1n) is 6.57. The summed E-state index contributed by atoms with van der Waals surface area (Å²) in [6.07, 6.45) is 1.14. The summed E-state index contributed by atoms with van der Waals surface area (Å²) >= 11 is 0. The van der Waals surface area contributed by atoms with Crippen LogP contribution in [0.1, 0.15) is 18.9 Å². The number of nitrogens with zero attached hydrogens (tertiary/aromatic N) is 1.